The van der Waals surface area contributed by atoms with E-state index in [0.717, 1.165) is 43.7 Å². The molecule has 0 fully saturated rings. The average Bonchev–Trinajstić information content (AvgIpc) is 2.64. The van der Waals surface area contributed by atoms with Crippen molar-refractivity contribution in [1.29, 1.82) is 0 Å². The van der Waals surface area contributed by atoms with Crippen LogP contribution in [0.2, 0.25) is 5.15 Å². The van der Waals surface area contributed by atoms with Crippen molar-refractivity contribution < 1.29 is 0 Å². The zero-order valence-corrected chi connectivity index (χ0v) is 11.5. The number of aromatic nitrogens is 2. The monoisotopic (exact) mass is 273 g/mol. The van der Waals surface area contributed by atoms with Crippen LogP contribution in [0, 0.1) is 0 Å². The maximum atomic E-state index is 6.15. The third-order valence-electron chi connectivity index (χ3n) is 3.57. The van der Waals surface area contributed by atoms with Crippen LogP contribution >= 0.6 is 11.6 Å². The predicted octanol–water partition coefficient (Wildman–Crippen LogP) is 2.73. The summed E-state index contributed by atoms with van der Waals surface area (Å²) < 4.78 is 0. The van der Waals surface area contributed by atoms with E-state index < -0.39 is 0 Å². The Kier molecular flexibility index (Phi) is 3.76. The molecule has 0 N–H and O–H groups in total. The summed E-state index contributed by atoms with van der Waals surface area (Å²) in [5.41, 5.74) is 3.58. The van der Waals surface area contributed by atoms with Gasteiger partial charge in [0.15, 0.2) is 0 Å². The second-order valence-electron chi connectivity index (χ2n) is 4.85. The van der Waals surface area contributed by atoms with E-state index in [2.05, 4.69) is 45.2 Å². The smallest absolute Gasteiger partial charge is 0.135 e. The van der Waals surface area contributed by atoms with Gasteiger partial charge < -0.3 is 0 Å². The molecule has 0 bridgehead atoms. The minimum atomic E-state index is 0.617. The molecule has 3 rings (SSSR count). The van der Waals surface area contributed by atoms with Crippen molar-refractivity contribution in [3.8, 4) is 0 Å². The van der Waals surface area contributed by atoms with E-state index >= 15 is 0 Å². The van der Waals surface area contributed by atoms with Gasteiger partial charge >= 0.3 is 0 Å². The molecule has 0 atom stereocenters. The largest absolute Gasteiger partial charge is 0.298 e. The van der Waals surface area contributed by atoms with Crippen molar-refractivity contribution in [3.05, 3.63) is 58.6 Å². The predicted molar refractivity (Wildman–Crippen MR) is 76.2 cm³/mol. The minimum absolute atomic E-state index is 0.617. The van der Waals surface area contributed by atoms with Gasteiger partial charge in [-0.2, -0.15) is 0 Å². The van der Waals surface area contributed by atoms with Crippen LogP contribution in [-0.2, 0) is 19.4 Å². The molecule has 19 heavy (non-hydrogen) atoms. The van der Waals surface area contributed by atoms with E-state index in [1.165, 1.54) is 5.56 Å². The molecule has 3 nitrogen and oxygen atoms in total. The first kappa shape index (κ1) is 12.6. The van der Waals surface area contributed by atoms with Gasteiger partial charge in [-0.1, -0.05) is 41.9 Å². The van der Waals surface area contributed by atoms with Gasteiger partial charge in [-0.3, -0.25) is 4.90 Å². The van der Waals surface area contributed by atoms with Gasteiger partial charge in [-0.15, -0.1) is 0 Å². The van der Waals surface area contributed by atoms with Gasteiger partial charge in [-0.05, 0) is 12.0 Å². The lowest BCUT2D eigenvalue weighted by molar-refractivity contribution is 0.279. The molecule has 0 saturated carbocycles. The standard InChI is InChI=1S/C15H16ClN3/c16-15-13-6-8-19(9-7-14(13)17-11-18-15)10-12-4-2-1-3-5-12/h1-5,11H,6-10H2. The quantitative estimate of drug-likeness (QED) is 0.788. The van der Waals surface area contributed by atoms with Gasteiger partial charge in [0, 0.05) is 37.3 Å². The SMILES string of the molecule is Clc1ncnc2c1CCN(Cc1ccccc1)CC2. The molecule has 2 heterocycles. The summed E-state index contributed by atoms with van der Waals surface area (Å²) in [5, 5.41) is 0.617. The summed E-state index contributed by atoms with van der Waals surface area (Å²) in [4.78, 5) is 10.9. The summed E-state index contributed by atoms with van der Waals surface area (Å²) in [6.45, 7) is 3.02. The van der Waals surface area contributed by atoms with Gasteiger partial charge in [0.1, 0.15) is 11.5 Å². The first-order chi connectivity index (χ1) is 9.33. The third kappa shape index (κ3) is 2.94. The van der Waals surface area contributed by atoms with Crippen molar-refractivity contribution in [2.24, 2.45) is 0 Å². The van der Waals surface area contributed by atoms with Crippen molar-refractivity contribution in [3.63, 3.8) is 0 Å². The zero-order valence-electron chi connectivity index (χ0n) is 10.7. The van der Waals surface area contributed by atoms with Crippen LogP contribution in [0.5, 0.6) is 0 Å². The molecule has 0 amide bonds. The number of halogens is 1. The Bertz CT molecular complexity index is 557. The van der Waals surface area contributed by atoms with Gasteiger partial charge in [-0.25, -0.2) is 9.97 Å². The summed E-state index contributed by atoms with van der Waals surface area (Å²) in [6, 6.07) is 10.6. The fourth-order valence-electron chi connectivity index (χ4n) is 2.53. The summed E-state index contributed by atoms with van der Waals surface area (Å²) in [6.07, 6.45) is 3.44. The van der Waals surface area contributed by atoms with Crippen molar-refractivity contribution in [1.82, 2.24) is 14.9 Å². The van der Waals surface area contributed by atoms with Crippen LogP contribution in [0.15, 0.2) is 36.7 Å². The molecule has 1 aliphatic rings. The highest BCUT2D eigenvalue weighted by atomic mass is 35.5. The number of rotatable bonds is 2. The van der Waals surface area contributed by atoms with Crippen molar-refractivity contribution >= 4 is 11.6 Å². The second kappa shape index (κ2) is 5.68. The number of hydrogen-bond acceptors (Lipinski definition) is 3. The molecule has 4 heteroatoms. The highest BCUT2D eigenvalue weighted by Gasteiger charge is 2.17. The molecule has 0 aliphatic carbocycles. The number of nitrogens with zero attached hydrogens (tertiary/aromatic N) is 3. The zero-order chi connectivity index (χ0) is 13.1. The lowest BCUT2D eigenvalue weighted by atomic mass is 10.1. The first-order valence-corrected chi connectivity index (χ1v) is 6.95. The fraction of sp³-hybridized carbons (Fsp3) is 0.333. The van der Waals surface area contributed by atoms with Crippen LogP contribution < -0.4 is 0 Å². The molecule has 0 spiro atoms. The van der Waals surface area contributed by atoms with Crippen LogP contribution in [0.25, 0.3) is 0 Å². The van der Waals surface area contributed by atoms with Gasteiger partial charge in [0.2, 0.25) is 0 Å². The van der Waals surface area contributed by atoms with Crippen LogP contribution in [0.1, 0.15) is 16.8 Å². The molecule has 98 valence electrons. The maximum Gasteiger partial charge on any atom is 0.135 e. The molecular formula is C15H16ClN3. The summed E-state index contributed by atoms with van der Waals surface area (Å²) >= 11 is 6.15. The highest BCUT2D eigenvalue weighted by Crippen LogP contribution is 2.20. The minimum Gasteiger partial charge on any atom is -0.298 e. The van der Waals surface area contributed by atoms with E-state index in [1.54, 1.807) is 6.33 Å². The topological polar surface area (TPSA) is 29.0 Å². The Morgan fingerprint density at radius 2 is 1.84 bits per heavy atom. The third-order valence-corrected chi connectivity index (χ3v) is 3.90. The van der Waals surface area contributed by atoms with E-state index in [-0.39, 0.29) is 0 Å². The highest BCUT2D eigenvalue weighted by molar-refractivity contribution is 6.30. The molecule has 1 aromatic carbocycles. The Morgan fingerprint density at radius 3 is 2.68 bits per heavy atom. The molecule has 1 aromatic heterocycles. The van der Waals surface area contributed by atoms with Crippen molar-refractivity contribution in [2.75, 3.05) is 13.1 Å². The van der Waals surface area contributed by atoms with Crippen LogP contribution in [0.4, 0.5) is 0 Å². The first-order valence-electron chi connectivity index (χ1n) is 6.57. The molecule has 0 saturated heterocycles. The number of hydrogen-bond donors (Lipinski definition) is 0. The summed E-state index contributed by atoms with van der Waals surface area (Å²) in [7, 11) is 0. The van der Waals surface area contributed by atoms with Crippen LogP contribution in [-0.4, -0.2) is 28.0 Å². The normalized spacial score (nSPS) is 15.8. The van der Waals surface area contributed by atoms with E-state index in [9.17, 15) is 0 Å². The number of benzene rings is 1. The molecule has 2 aromatic rings. The lowest BCUT2D eigenvalue weighted by Crippen LogP contribution is -2.25. The van der Waals surface area contributed by atoms with E-state index in [1.807, 2.05) is 0 Å². The van der Waals surface area contributed by atoms with E-state index in [0.29, 0.717) is 5.15 Å². The fourth-order valence-corrected chi connectivity index (χ4v) is 2.78. The average molecular weight is 274 g/mol. The summed E-state index contributed by atoms with van der Waals surface area (Å²) in [5.74, 6) is 0. The molecule has 0 radical (unpaired) electrons. The van der Waals surface area contributed by atoms with E-state index in [4.69, 9.17) is 11.6 Å². The maximum absolute atomic E-state index is 6.15. The lowest BCUT2D eigenvalue weighted by Gasteiger charge is -2.19. The Hall–Kier alpha value is -1.45. The van der Waals surface area contributed by atoms with Gasteiger partial charge in [0.25, 0.3) is 0 Å². The van der Waals surface area contributed by atoms with Gasteiger partial charge in [0.05, 0.1) is 0 Å². The molecular weight excluding hydrogens is 258 g/mol. The molecule has 0 unspecified atom stereocenters. The Morgan fingerprint density at radius 1 is 1.05 bits per heavy atom. The molecule has 1 aliphatic heterocycles. The van der Waals surface area contributed by atoms with Crippen LogP contribution in [0.3, 0.4) is 0 Å². The Labute approximate surface area is 118 Å². The Balaban J connectivity index is 1.72. The van der Waals surface area contributed by atoms with Crippen molar-refractivity contribution in [2.45, 2.75) is 19.4 Å². The second-order valence-corrected chi connectivity index (χ2v) is 5.21. The number of fused-ring (bicyclic) bond motifs is 1.